The van der Waals surface area contributed by atoms with Crippen LogP contribution in [0.5, 0.6) is 0 Å². The Morgan fingerprint density at radius 3 is 2.67 bits per heavy atom. The lowest BCUT2D eigenvalue weighted by Gasteiger charge is -2.28. The molecular formula is C11H13NO2S. The summed E-state index contributed by atoms with van der Waals surface area (Å²) in [6.07, 6.45) is 0. The van der Waals surface area contributed by atoms with Gasteiger partial charge in [0.15, 0.2) is 0 Å². The summed E-state index contributed by atoms with van der Waals surface area (Å²) in [6, 6.07) is 6.69. The molecule has 3 nitrogen and oxygen atoms in total. The summed E-state index contributed by atoms with van der Waals surface area (Å²) in [5.74, 6) is 1.67. The molecule has 80 valence electrons. The first-order chi connectivity index (χ1) is 7.20. The monoisotopic (exact) mass is 223 g/mol. The number of aliphatic carboxylic acids is 1. The predicted molar refractivity (Wildman–Crippen MR) is 61.1 cm³/mol. The first-order valence-electron chi connectivity index (χ1n) is 4.85. The van der Waals surface area contributed by atoms with E-state index in [0.29, 0.717) is 5.92 Å². The van der Waals surface area contributed by atoms with Crippen molar-refractivity contribution in [1.82, 2.24) is 0 Å². The summed E-state index contributed by atoms with van der Waals surface area (Å²) in [5.41, 5.74) is 7.51. The fraction of sp³-hybridized carbons (Fsp3) is 0.364. The lowest BCUT2D eigenvalue weighted by molar-refractivity contribution is -0.138. The number of carboxylic acid groups (broad SMARTS) is 1. The van der Waals surface area contributed by atoms with Crippen LogP contribution in [-0.2, 0) is 4.79 Å². The van der Waals surface area contributed by atoms with Gasteiger partial charge in [-0.2, -0.15) is 11.8 Å². The van der Waals surface area contributed by atoms with Gasteiger partial charge in [-0.1, -0.05) is 24.3 Å². The Hall–Kier alpha value is -1.00. The Morgan fingerprint density at radius 2 is 2.13 bits per heavy atom. The highest BCUT2D eigenvalue weighted by molar-refractivity contribution is 8.00. The minimum atomic E-state index is -0.963. The third-order valence-corrected chi connectivity index (χ3v) is 3.95. The summed E-state index contributed by atoms with van der Waals surface area (Å²) in [6.45, 7) is 0. The molecule has 15 heavy (non-hydrogen) atoms. The number of nitrogens with two attached hydrogens (primary N) is 1. The summed E-state index contributed by atoms with van der Waals surface area (Å²) < 4.78 is 0. The van der Waals surface area contributed by atoms with Crippen LogP contribution in [0.15, 0.2) is 24.3 Å². The van der Waals surface area contributed by atoms with Crippen LogP contribution in [0.1, 0.15) is 23.1 Å². The van der Waals surface area contributed by atoms with E-state index in [2.05, 4.69) is 0 Å². The van der Waals surface area contributed by atoms with Crippen LogP contribution >= 0.6 is 11.8 Å². The second kappa shape index (κ2) is 4.24. The van der Waals surface area contributed by atoms with E-state index in [-0.39, 0.29) is 0 Å². The molecule has 0 bridgehead atoms. The largest absolute Gasteiger partial charge is 0.480 e. The summed E-state index contributed by atoms with van der Waals surface area (Å²) >= 11 is 1.88. The molecule has 1 fully saturated rings. The van der Waals surface area contributed by atoms with Crippen molar-refractivity contribution in [3.05, 3.63) is 35.4 Å². The van der Waals surface area contributed by atoms with Crippen molar-refractivity contribution in [2.45, 2.75) is 12.0 Å². The van der Waals surface area contributed by atoms with E-state index in [0.717, 1.165) is 22.6 Å². The van der Waals surface area contributed by atoms with Crippen LogP contribution in [0.2, 0.25) is 0 Å². The lowest BCUT2D eigenvalue weighted by Crippen LogP contribution is -2.25. The molecule has 1 aliphatic rings. The summed E-state index contributed by atoms with van der Waals surface area (Å²) in [7, 11) is 0. The molecular weight excluding hydrogens is 210 g/mol. The molecule has 0 saturated carbocycles. The first-order valence-corrected chi connectivity index (χ1v) is 6.00. The van der Waals surface area contributed by atoms with E-state index in [1.807, 2.05) is 36.0 Å². The average molecular weight is 223 g/mol. The van der Waals surface area contributed by atoms with Crippen molar-refractivity contribution in [2.75, 3.05) is 11.5 Å². The number of thioether (sulfide) groups is 1. The van der Waals surface area contributed by atoms with E-state index in [1.165, 1.54) is 0 Å². The van der Waals surface area contributed by atoms with Gasteiger partial charge in [-0.25, -0.2) is 0 Å². The zero-order valence-corrected chi connectivity index (χ0v) is 9.04. The topological polar surface area (TPSA) is 63.3 Å². The molecule has 1 unspecified atom stereocenters. The summed E-state index contributed by atoms with van der Waals surface area (Å²) in [4.78, 5) is 10.9. The predicted octanol–water partition coefficient (Wildman–Crippen LogP) is 1.60. The Morgan fingerprint density at radius 1 is 1.47 bits per heavy atom. The van der Waals surface area contributed by atoms with Gasteiger partial charge in [0.1, 0.15) is 6.04 Å². The Kier molecular flexibility index (Phi) is 2.98. The van der Waals surface area contributed by atoms with Crippen molar-refractivity contribution >= 4 is 17.7 Å². The smallest absolute Gasteiger partial charge is 0.325 e. The molecule has 0 aliphatic carbocycles. The number of benzene rings is 1. The maximum Gasteiger partial charge on any atom is 0.325 e. The molecule has 0 aromatic heterocycles. The van der Waals surface area contributed by atoms with Crippen molar-refractivity contribution in [1.29, 1.82) is 0 Å². The molecule has 1 heterocycles. The number of carboxylic acids is 1. The molecule has 1 aromatic carbocycles. The summed E-state index contributed by atoms with van der Waals surface area (Å²) in [5, 5.41) is 8.90. The number of hydrogen-bond donors (Lipinski definition) is 2. The molecule has 2 rings (SSSR count). The average Bonchev–Trinajstić information content (AvgIpc) is 2.15. The van der Waals surface area contributed by atoms with Crippen molar-refractivity contribution < 1.29 is 9.90 Å². The van der Waals surface area contributed by atoms with Gasteiger partial charge in [0.25, 0.3) is 0 Å². The molecule has 4 heteroatoms. The SMILES string of the molecule is NC(C(=O)O)c1ccccc1C1CSC1. The Balaban J connectivity index is 2.32. The van der Waals surface area contributed by atoms with Crippen LogP contribution in [-0.4, -0.2) is 22.6 Å². The van der Waals surface area contributed by atoms with Crippen LogP contribution in [0.3, 0.4) is 0 Å². The highest BCUT2D eigenvalue weighted by atomic mass is 32.2. The molecule has 0 amide bonds. The van der Waals surface area contributed by atoms with Crippen molar-refractivity contribution in [3.63, 3.8) is 0 Å². The van der Waals surface area contributed by atoms with Gasteiger partial charge in [-0.3, -0.25) is 4.79 Å². The highest BCUT2D eigenvalue weighted by Crippen LogP contribution is 2.36. The maximum absolute atomic E-state index is 10.9. The Labute approximate surface area is 92.7 Å². The Bertz CT molecular complexity index is 377. The van der Waals surface area contributed by atoms with Gasteiger partial charge < -0.3 is 10.8 Å². The van der Waals surface area contributed by atoms with Crippen molar-refractivity contribution in [2.24, 2.45) is 5.73 Å². The van der Waals surface area contributed by atoms with Gasteiger partial charge in [0.05, 0.1) is 0 Å². The molecule has 0 spiro atoms. The van der Waals surface area contributed by atoms with E-state index in [1.54, 1.807) is 0 Å². The molecule has 3 N–H and O–H groups in total. The fourth-order valence-corrected chi connectivity index (χ4v) is 2.54. The number of carbonyl (C=O) groups is 1. The quantitative estimate of drug-likeness (QED) is 0.817. The molecule has 1 aromatic rings. The third-order valence-electron chi connectivity index (χ3n) is 2.68. The zero-order chi connectivity index (χ0) is 10.8. The van der Waals surface area contributed by atoms with Gasteiger partial charge in [0, 0.05) is 17.4 Å². The molecule has 1 atom stereocenters. The molecule has 1 saturated heterocycles. The van der Waals surface area contributed by atoms with Gasteiger partial charge in [-0.05, 0) is 11.1 Å². The van der Waals surface area contributed by atoms with E-state index >= 15 is 0 Å². The van der Waals surface area contributed by atoms with E-state index < -0.39 is 12.0 Å². The second-order valence-electron chi connectivity index (χ2n) is 3.68. The van der Waals surface area contributed by atoms with Crippen molar-refractivity contribution in [3.8, 4) is 0 Å². The van der Waals surface area contributed by atoms with Crippen LogP contribution < -0.4 is 5.73 Å². The van der Waals surface area contributed by atoms with Crippen LogP contribution in [0.25, 0.3) is 0 Å². The second-order valence-corrected chi connectivity index (χ2v) is 4.75. The highest BCUT2D eigenvalue weighted by Gasteiger charge is 2.26. The lowest BCUT2D eigenvalue weighted by atomic mass is 9.92. The number of hydrogen-bond acceptors (Lipinski definition) is 3. The maximum atomic E-state index is 10.9. The minimum absolute atomic E-state index is 0.483. The van der Waals surface area contributed by atoms with Crippen LogP contribution in [0, 0.1) is 0 Å². The van der Waals surface area contributed by atoms with E-state index in [4.69, 9.17) is 10.8 Å². The zero-order valence-electron chi connectivity index (χ0n) is 8.22. The van der Waals surface area contributed by atoms with Gasteiger partial charge in [0.2, 0.25) is 0 Å². The fourth-order valence-electron chi connectivity index (χ4n) is 1.71. The molecule has 1 aliphatic heterocycles. The van der Waals surface area contributed by atoms with E-state index in [9.17, 15) is 4.79 Å². The number of rotatable bonds is 3. The third kappa shape index (κ3) is 2.01. The minimum Gasteiger partial charge on any atom is -0.480 e. The van der Waals surface area contributed by atoms with Gasteiger partial charge >= 0.3 is 5.97 Å². The normalized spacial score (nSPS) is 18.2. The molecule has 0 radical (unpaired) electrons. The van der Waals surface area contributed by atoms with Gasteiger partial charge in [-0.15, -0.1) is 0 Å². The first kappa shape index (κ1) is 10.5. The standard InChI is InChI=1S/C11H13NO2S/c12-10(11(13)14)9-4-2-1-3-8(9)7-5-15-6-7/h1-4,7,10H,5-6,12H2,(H,13,14). The van der Waals surface area contributed by atoms with Crippen LogP contribution in [0.4, 0.5) is 0 Å².